The Morgan fingerprint density at radius 3 is 2.62 bits per heavy atom. The molecule has 0 radical (unpaired) electrons. The smallest absolute Gasteiger partial charge is 0.229 e. The lowest BCUT2D eigenvalue weighted by molar-refractivity contribution is -0.120. The highest BCUT2D eigenvalue weighted by Crippen LogP contribution is 2.25. The molecule has 0 bridgehead atoms. The fourth-order valence-corrected chi connectivity index (χ4v) is 3.57. The molecule has 0 spiro atoms. The number of carbonyl (C=O) groups is 1. The maximum Gasteiger partial charge on any atom is 0.229 e. The molecule has 3 aromatic rings. The highest BCUT2D eigenvalue weighted by molar-refractivity contribution is 6.30. The highest BCUT2D eigenvalue weighted by Gasteiger charge is 2.27. The molecule has 1 aromatic heterocycles. The average molecular weight is 411 g/mol. The van der Waals surface area contributed by atoms with Gasteiger partial charge in [-0.1, -0.05) is 11.6 Å². The molecule has 0 saturated carbocycles. The number of rotatable bonds is 4. The maximum absolute atomic E-state index is 13.2. The van der Waals surface area contributed by atoms with Crippen LogP contribution in [0.25, 0.3) is 11.4 Å². The van der Waals surface area contributed by atoms with Gasteiger partial charge in [0.1, 0.15) is 11.6 Å². The van der Waals surface area contributed by atoms with Crippen LogP contribution in [-0.4, -0.2) is 29.0 Å². The molecule has 0 aliphatic carbocycles. The summed E-state index contributed by atoms with van der Waals surface area (Å²) >= 11 is 5.90. The van der Waals surface area contributed by atoms with Gasteiger partial charge in [-0.25, -0.2) is 14.4 Å². The fraction of sp³-hybridized carbons (Fsp3) is 0.227. The summed E-state index contributed by atoms with van der Waals surface area (Å²) in [6, 6.07) is 15.0. The Labute approximate surface area is 173 Å². The molecule has 5 nitrogen and oxygen atoms in total. The molecule has 2 heterocycles. The van der Waals surface area contributed by atoms with Crippen LogP contribution in [0.15, 0.2) is 60.8 Å². The standard InChI is InChI=1S/C22H20ClFN4O/c23-17-5-9-19(10-6-17)26-22(29)16-2-1-13-28(14-16)20-11-12-25-21(27-20)15-3-7-18(24)8-4-15/h3-12,16H,1-2,13-14H2,(H,26,29). The number of nitrogens with zero attached hydrogens (tertiary/aromatic N) is 3. The van der Waals surface area contributed by atoms with Crippen LogP contribution in [0.2, 0.25) is 5.02 Å². The van der Waals surface area contributed by atoms with Crippen LogP contribution >= 0.6 is 11.6 Å². The lowest BCUT2D eigenvalue weighted by Crippen LogP contribution is -2.41. The lowest BCUT2D eigenvalue weighted by Gasteiger charge is -2.33. The first-order chi connectivity index (χ1) is 14.1. The minimum atomic E-state index is -0.296. The summed E-state index contributed by atoms with van der Waals surface area (Å²) in [6.07, 6.45) is 3.42. The van der Waals surface area contributed by atoms with Crippen molar-refractivity contribution in [3.8, 4) is 11.4 Å². The van der Waals surface area contributed by atoms with E-state index < -0.39 is 0 Å². The summed E-state index contributed by atoms with van der Waals surface area (Å²) in [6.45, 7) is 1.41. The number of anilines is 2. The van der Waals surface area contributed by atoms with Gasteiger partial charge in [0.2, 0.25) is 5.91 Å². The Kier molecular flexibility index (Phi) is 5.71. The monoisotopic (exact) mass is 410 g/mol. The van der Waals surface area contributed by atoms with Crippen molar-refractivity contribution < 1.29 is 9.18 Å². The molecular formula is C22H20ClFN4O. The van der Waals surface area contributed by atoms with Gasteiger partial charge in [-0.2, -0.15) is 0 Å². The van der Waals surface area contributed by atoms with E-state index in [1.165, 1.54) is 12.1 Å². The van der Waals surface area contributed by atoms with E-state index in [9.17, 15) is 9.18 Å². The van der Waals surface area contributed by atoms with Gasteiger partial charge in [-0.05, 0) is 67.4 Å². The van der Waals surface area contributed by atoms with Crippen LogP contribution in [0, 0.1) is 11.7 Å². The first kappa shape index (κ1) is 19.3. The zero-order valence-corrected chi connectivity index (χ0v) is 16.4. The van der Waals surface area contributed by atoms with Crippen LogP contribution in [0.5, 0.6) is 0 Å². The first-order valence-corrected chi connectivity index (χ1v) is 9.87. The fourth-order valence-electron chi connectivity index (χ4n) is 3.44. The van der Waals surface area contributed by atoms with Crippen molar-refractivity contribution >= 4 is 29.0 Å². The van der Waals surface area contributed by atoms with E-state index in [2.05, 4.69) is 20.2 Å². The number of halogens is 2. The number of hydrogen-bond acceptors (Lipinski definition) is 4. The molecule has 7 heteroatoms. The summed E-state index contributed by atoms with van der Waals surface area (Å²) in [4.78, 5) is 23.7. The zero-order valence-electron chi connectivity index (χ0n) is 15.7. The predicted octanol–water partition coefficient (Wildman–Crippen LogP) is 4.79. The van der Waals surface area contributed by atoms with Crippen molar-refractivity contribution in [2.24, 2.45) is 5.92 Å². The number of benzene rings is 2. The molecule has 1 saturated heterocycles. The summed E-state index contributed by atoms with van der Waals surface area (Å²) in [5, 5.41) is 3.59. The van der Waals surface area contributed by atoms with E-state index >= 15 is 0 Å². The number of hydrogen-bond donors (Lipinski definition) is 1. The third kappa shape index (κ3) is 4.71. The Balaban J connectivity index is 1.46. The SMILES string of the molecule is O=C(Nc1ccc(Cl)cc1)C1CCCN(c2ccnc(-c3ccc(F)cc3)n2)C1. The molecule has 1 unspecified atom stereocenters. The zero-order chi connectivity index (χ0) is 20.2. The van der Waals surface area contributed by atoms with Gasteiger partial charge in [0.25, 0.3) is 0 Å². The van der Waals surface area contributed by atoms with Crippen LogP contribution in [0.1, 0.15) is 12.8 Å². The van der Waals surface area contributed by atoms with Gasteiger partial charge in [-0.15, -0.1) is 0 Å². The Hall–Kier alpha value is -2.99. The van der Waals surface area contributed by atoms with Crippen LogP contribution in [0.3, 0.4) is 0 Å². The lowest BCUT2D eigenvalue weighted by atomic mass is 9.97. The number of aromatic nitrogens is 2. The molecule has 1 atom stereocenters. The molecule has 148 valence electrons. The second-order valence-corrected chi connectivity index (χ2v) is 7.46. The predicted molar refractivity (Wildman–Crippen MR) is 112 cm³/mol. The Bertz CT molecular complexity index is 994. The summed E-state index contributed by atoms with van der Waals surface area (Å²) < 4.78 is 13.2. The van der Waals surface area contributed by atoms with Gasteiger partial charge in [0, 0.05) is 35.6 Å². The maximum atomic E-state index is 13.2. The number of amides is 1. The summed E-state index contributed by atoms with van der Waals surface area (Å²) in [5.74, 6) is 0.863. The van der Waals surface area contributed by atoms with Crippen LogP contribution in [0.4, 0.5) is 15.9 Å². The van der Waals surface area contributed by atoms with Gasteiger partial charge in [0.15, 0.2) is 5.82 Å². The van der Waals surface area contributed by atoms with Gasteiger partial charge in [0.05, 0.1) is 5.92 Å². The third-order valence-electron chi connectivity index (χ3n) is 4.97. The third-order valence-corrected chi connectivity index (χ3v) is 5.22. The quantitative estimate of drug-likeness (QED) is 0.671. The number of nitrogens with one attached hydrogen (secondary N) is 1. The van der Waals surface area contributed by atoms with Crippen LogP contribution < -0.4 is 10.2 Å². The highest BCUT2D eigenvalue weighted by atomic mass is 35.5. The van der Waals surface area contributed by atoms with Gasteiger partial charge >= 0.3 is 0 Å². The molecule has 1 aliphatic heterocycles. The van der Waals surface area contributed by atoms with Gasteiger partial charge < -0.3 is 10.2 Å². The Morgan fingerprint density at radius 2 is 1.86 bits per heavy atom. The topological polar surface area (TPSA) is 58.1 Å². The second kappa shape index (κ2) is 8.57. The summed E-state index contributed by atoms with van der Waals surface area (Å²) in [7, 11) is 0. The van der Waals surface area contributed by atoms with E-state index in [1.54, 1.807) is 42.6 Å². The molecule has 1 N–H and O–H groups in total. The molecule has 1 amide bonds. The van der Waals surface area contributed by atoms with Crippen molar-refractivity contribution in [3.05, 3.63) is 71.6 Å². The minimum absolute atomic E-state index is 0.00941. The Morgan fingerprint density at radius 1 is 1.10 bits per heavy atom. The van der Waals surface area contributed by atoms with Crippen molar-refractivity contribution in [2.45, 2.75) is 12.8 Å². The number of piperidine rings is 1. The number of carbonyl (C=O) groups excluding carboxylic acids is 1. The summed E-state index contributed by atoms with van der Waals surface area (Å²) in [5.41, 5.74) is 1.49. The van der Waals surface area contributed by atoms with Crippen molar-refractivity contribution in [1.82, 2.24) is 9.97 Å². The van der Waals surface area contributed by atoms with Crippen LogP contribution in [-0.2, 0) is 4.79 Å². The van der Waals surface area contributed by atoms with E-state index in [1.807, 2.05) is 6.07 Å². The second-order valence-electron chi connectivity index (χ2n) is 7.03. The first-order valence-electron chi connectivity index (χ1n) is 9.49. The van der Waals surface area contributed by atoms with Gasteiger partial charge in [-0.3, -0.25) is 4.79 Å². The molecular weight excluding hydrogens is 391 g/mol. The molecule has 1 aliphatic rings. The van der Waals surface area contributed by atoms with E-state index in [0.717, 1.165) is 36.5 Å². The molecule has 2 aromatic carbocycles. The van der Waals surface area contributed by atoms with E-state index in [4.69, 9.17) is 11.6 Å². The molecule has 4 rings (SSSR count). The molecule has 29 heavy (non-hydrogen) atoms. The average Bonchev–Trinajstić information content (AvgIpc) is 2.76. The minimum Gasteiger partial charge on any atom is -0.356 e. The van der Waals surface area contributed by atoms with E-state index in [0.29, 0.717) is 17.4 Å². The molecule has 1 fully saturated rings. The van der Waals surface area contributed by atoms with E-state index in [-0.39, 0.29) is 17.6 Å². The normalized spacial score (nSPS) is 16.5. The van der Waals surface area contributed by atoms with Crippen molar-refractivity contribution in [3.63, 3.8) is 0 Å². The largest absolute Gasteiger partial charge is 0.356 e. The van der Waals surface area contributed by atoms with Crippen molar-refractivity contribution in [2.75, 3.05) is 23.3 Å². The van der Waals surface area contributed by atoms with Crippen molar-refractivity contribution in [1.29, 1.82) is 0 Å².